The first kappa shape index (κ1) is 12.9. The molecule has 0 aromatic carbocycles. The van der Waals surface area contributed by atoms with Gasteiger partial charge in [0.1, 0.15) is 6.10 Å². The van der Waals surface area contributed by atoms with Crippen LogP contribution in [-0.4, -0.2) is 32.2 Å². The van der Waals surface area contributed by atoms with Crippen molar-refractivity contribution in [2.45, 2.75) is 19.3 Å². The zero-order valence-corrected chi connectivity index (χ0v) is 8.62. The van der Waals surface area contributed by atoms with Crippen molar-refractivity contribution in [3.05, 3.63) is 0 Å². The molecule has 0 aliphatic heterocycles. The molecule has 0 aliphatic rings. The van der Waals surface area contributed by atoms with Crippen LogP contribution in [0.5, 0.6) is 0 Å². The highest BCUT2D eigenvalue weighted by atomic mass is 32.2. The van der Waals surface area contributed by atoms with Crippen LogP contribution < -0.4 is 4.89 Å². The average molecular weight is 232 g/mol. The summed E-state index contributed by atoms with van der Waals surface area (Å²) in [6.45, 7) is 1.13. The van der Waals surface area contributed by atoms with Gasteiger partial charge in [-0.2, -0.15) is 8.42 Å². The van der Waals surface area contributed by atoms with E-state index >= 15 is 0 Å². The number of aliphatic hydroxyl groups excluding tert-OH is 1. The standard InChI is InChI=1S/C4H9O7PS/c1-3(5)4(10-12(6)7)11-13(2,8)9/h3-5H,1-2H3/t3-,4-/m0/s1. The van der Waals surface area contributed by atoms with Gasteiger partial charge in [-0.05, 0) is 11.5 Å². The second kappa shape index (κ2) is 4.94. The molecule has 7 nitrogen and oxygen atoms in total. The summed E-state index contributed by atoms with van der Waals surface area (Å²) in [5.74, 6) is 0. The van der Waals surface area contributed by atoms with Crippen molar-refractivity contribution in [1.29, 1.82) is 0 Å². The lowest BCUT2D eigenvalue weighted by molar-refractivity contribution is -0.205. The smallest absolute Gasteiger partial charge is 0.491 e. The molecule has 0 aromatic rings. The van der Waals surface area contributed by atoms with E-state index in [1.54, 1.807) is 0 Å². The van der Waals surface area contributed by atoms with E-state index in [1.165, 1.54) is 0 Å². The van der Waals surface area contributed by atoms with Gasteiger partial charge in [0.2, 0.25) is 0 Å². The van der Waals surface area contributed by atoms with E-state index in [0.717, 1.165) is 6.92 Å². The first-order valence-electron chi connectivity index (χ1n) is 3.10. The van der Waals surface area contributed by atoms with Gasteiger partial charge in [-0.25, -0.2) is 4.18 Å². The lowest BCUT2D eigenvalue weighted by Crippen LogP contribution is -2.30. The SMILES string of the molecule is C[C@H](O)[C@@H](O[P+](=O)[O-])OS(C)(=O)=O. The summed E-state index contributed by atoms with van der Waals surface area (Å²) in [5, 5.41) is 8.84. The number of hydrogen-bond acceptors (Lipinski definition) is 7. The van der Waals surface area contributed by atoms with E-state index in [0.29, 0.717) is 6.26 Å². The van der Waals surface area contributed by atoms with E-state index in [1.807, 2.05) is 0 Å². The monoisotopic (exact) mass is 232 g/mol. The zero-order valence-electron chi connectivity index (χ0n) is 6.91. The fraction of sp³-hybridized carbons (Fsp3) is 1.00. The average Bonchev–Trinajstić information content (AvgIpc) is 1.81. The maximum atomic E-state index is 10.5. The van der Waals surface area contributed by atoms with Gasteiger partial charge >= 0.3 is 8.25 Å². The Labute approximate surface area is 76.4 Å². The first-order chi connectivity index (χ1) is 5.72. The van der Waals surface area contributed by atoms with Gasteiger partial charge in [0.25, 0.3) is 16.4 Å². The highest BCUT2D eigenvalue weighted by Crippen LogP contribution is 2.17. The molecule has 9 heteroatoms. The highest BCUT2D eigenvalue weighted by Gasteiger charge is 2.27. The summed E-state index contributed by atoms with van der Waals surface area (Å²) in [6.07, 6.45) is -2.39. The second-order valence-electron chi connectivity index (χ2n) is 2.24. The molecule has 13 heavy (non-hydrogen) atoms. The van der Waals surface area contributed by atoms with Crippen LogP contribution in [-0.2, 0) is 23.4 Å². The molecule has 0 aliphatic carbocycles. The predicted octanol–water partition coefficient (Wildman–Crippen LogP) is -1.30. The number of hydrogen-bond donors (Lipinski definition) is 1. The Balaban J connectivity index is 4.36. The van der Waals surface area contributed by atoms with Crippen molar-refractivity contribution in [1.82, 2.24) is 0 Å². The van der Waals surface area contributed by atoms with Crippen molar-refractivity contribution < 1.29 is 31.7 Å². The lowest BCUT2D eigenvalue weighted by Gasteiger charge is -2.13. The Bertz CT molecular complexity index is 270. The molecular weight excluding hydrogens is 223 g/mol. The van der Waals surface area contributed by atoms with Crippen molar-refractivity contribution in [2.75, 3.05) is 6.26 Å². The van der Waals surface area contributed by atoms with Crippen molar-refractivity contribution >= 4 is 18.4 Å². The Morgan fingerprint density at radius 3 is 2.23 bits per heavy atom. The molecule has 78 valence electrons. The minimum atomic E-state index is -3.87. The third-order valence-electron chi connectivity index (χ3n) is 0.853. The van der Waals surface area contributed by atoms with Crippen molar-refractivity contribution in [3.8, 4) is 0 Å². The molecule has 0 saturated heterocycles. The van der Waals surface area contributed by atoms with Gasteiger partial charge in [-0.15, -0.1) is 4.52 Å². The van der Waals surface area contributed by atoms with E-state index in [2.05, 4.69) is 8.71 Å². The van der Waals surface area contributed by atoms with Gasteiger partial charge in [0, 0.05) is 0 Å². The van der Waals surface area contributed by atoms with Gasteiger partial charge in [-0.3, -0.25) is 0 Å². The molecular formula is C4H9O7PS. The molecule has 0 rings (SSSR count). The van der Waals surface area contributed by atoms with Crippen LogP contribution in [0.25, 0.3) is 0 Å². The Kier molecular flexibility index (Phi) is 4.90. The number of aliphatic hydroxyl groups is 1. The molecule has 0 saturated carbocycles. The van der Waals surface area contributed by atoms with Crippen LogP contribution >= 0.6 is 8.25 Å². The maximum Gasteiger partial charge on any atom is 0.491 e. The van der Waals surface area contributed by atoms with E-state index in [-0.39, 0.29) is 0 Å². The van der Waals surface area contributed by atoms with Crippen LogP contribution in [0.1, 0.15) is 6.92 Å². The van der Waals surface area contributed by atoms with E-state index < -0.39 is 30.8 Å². The summed E-state index contributed by atoms with van der Waals surface area (Å²) >= 11 is 0. The molecule has 1 N–H and O–H groups in total. The Morgan fingerprint density at radius 2 is 2.00 bits per heavy atom. The molecule has 0 amide bonds. The summed E-state index contributed by atoms with van der Waals surface area (Å²) in [7, 11) is -7.14. The van der Waals surface area contributed by atoms with Gasteiger partial charge in [0.15, 0.2) is 0 Å². The normalized spacial score (nSPS) is 18.0. The van der Waals surface area contributed by atoms with Crippen molar-refractivity contribution in [2.24, 2.45) is 0 Å². The molecule has 0 spiro atoms. The minimum Gasteiger partial charge on any atom is -0.566 e. The fourth-order valence-corrected chi connectivity index (χ4v) is 1.43. The van der Waals surface area contributed by atoms with Crippen LogP contribution in [0, 0.1) is 0 Å². The second-order valence-corrected chi connectivity index (χ2v) is 4.50. The van der Waals surface area contributed by atoms with Crippen LogP contribution in [0.15, 0.2) is 0 Å². The summed E-state index contributed by atoms with van der Waals surface area (Å²) in [6, 6.07) is 0. The molecule has 0 bridgehead atoms. The molecule has 1 unspecified atom stereocenters. The summed E-state index contributed by atoms with van der Waals surface area (Å²) in [5.41, 5.74) is 0. The predicted molar refractivity (Wildman–Crippen MR) is 40.1 cm³/mol. The lowest BCUT2D eigenvalue weighted by atomic mass is 10.4. The van der Waals surface area contributed by atoms with E-state index in [4.69, 9.17) is 5.11 Å². The Morgan fingerprint density at radius 1 is 1.54 bits per heavy atom. The van der Waals surface area contributed by atoms with Crippen LogP contribution in [0.4, 0.5) is 0 Å². The zero-order chi connectivity index (χ0) is 10.6. The summed E-state index contributed by atoms with van der Waals surface area (Å²) in [4.78, 5) is 10.0. The Hall–Kier alpha value is -0.110. The summed E-state index contributed by atoms with van der Waals surface area (Å²) < 4.78 is 39.2. The topological polar surface area (TPSA) is 113 Å². The third-order valence-corrected chi connectivity index (χ3v) is 1.77. The van der Waals surface area contributed by atoms with Gasteiger partial charge in [0.05, 0.1) is 6.26 Å². The third kappa shape index (κ3) is 7.00. The van der Waals surface area contributed by atoms with Crippen LogP contribution in [0.3, 0.4) is 0 Å². The van der Waals surface area contributed by atoms with Crippen LogP contribution in [0.2, 0.25) is 0 Å². The molecule has 3 atom stereocenters. The quantitative estimate of drug-likeness (QED) is 0.356. The first-order valence-corrected chi connectivity index (χ1v) is 6.01. The highest BCUT2D eigenvalue weighted by molar-refractivity contribution is 7.86. The van der Waals surface area contributed by atoms with Gasteiger partial charge < -0.3 is 10.00 Å². The van der Waals surface area contributed by atoms with E-state index in [9.17, 15) is 17.9 Å². The fourth-order valence-electron chi connectivity index (χ4n) is 0.443. The molecule has 0 fully saturated rings. The molecule has 0 aromatic heterocycles. The largest absolute Gasteiger partial charge is 0.566 e. The van der Waals surface area contributed by atoms with Gasteiger partial charge in [-0.1, -0.05) is 0 Å². The maximum absolute atomic E-state index is 10.5. The molecule has 0 heterocycles. The number of rotatable bonds is 5. The van der Waals surface area contributed by atoms with Crippen molar-refractivity contribution in [3.63, 3.8) is 0 Å². The molecule has 0 radical (unpaired) electrons. The minimum absolute atomic E-state index is 0.712.